The van der Waals surface area contributed by atoms with Crippen LogP contribution >= 0.6 is 0 Å². The fourth-order valence-electron chi connectivity index (χ4n) is 2.60. The van der Waals surface area contributed by atoms with Crippen molar-refractivity contribution in [3.05, 3.63) is 35.8 Å². The minimum absolute atomic E-state index is 0.153. The maximum absolute atomic E-state index is 13.1. The van der Waals surface area contributed by atoms with Gasteiger partial charge in [-0.2, -0.15) is 0 Å². The van der Waals surface area contributed by atoms with Crippen molar-refractivity contribution in [2.75, 3.05) is 6.61 Å². The standard InChI is InChI=1S/C15H18FNO2/c16-11-3-6-14-10(8-11)9-15(19-14)13(17)5-4-12-2-1-7-18-12/h3,6,8-9,12-13H,1-2,4-5,7,17H2. The van der Waals surface area contributed by atoms with Crippen LogP contribution in [0.1, 0.15) is 37.5 Å². The first-order valence-corrected chi connectivity index (χ1v) is 6.78. The fourth-order valence-corrected chi connectivity index (χ4v) is 2.60. The van der Waals surface area contributed by atoms with Crippen LogP contribution in [0.2, 0.25) is 0 Å². The van der Waals surface area contributed by atoms with E-state index in [-0.39, 0.29) is 11.9 Å². The molecule has 1 saturated heterocycles. The van der Waals surface area contributed by atoms with E-state index in [4.69, 9.17) is 14.9 Å². The summed E-state index contributed by atoms with van der Waals surface area (Å²) >= 11 is 0. The molecule has 3 rings (SSSR count). The number of benzene rings is 1. The molecule has 2 unspecified atom stereocenters. The summed E-state index contributed by atoms with van der Waals surface area (Å²) in [5, 5.41) is 0.766. The van der Waals surface area contributed by atoms with Gasteiger partial charge in [0.1, 0.15) is 17.2 Å². The second-order valence-electron chi connectivity index (χ2n) is 5.15. The van der Waals surface area contributed by atoms with Gasteiger partial charge in [-0.1, -0.05) is 0 Å². The first kappa shape index (κ1) is 12.6. The molecule has 4 heteroatoms. The van der Waals surface area contributed by atoms with E-state index in [2.05, 4.69) is 0 Å². The molecule has 0 bridgehead atoms. The normalized spacial score (nSPS) is 21.1. The van der Waals surface area contributed by atoms with Crippen molar-refractivity contribution < 1.29 is 13.5 Å². The summed E-state index contributed by atoms with van der Waals surface area (Å²) < 4.78 is 24.4. The first-order valence-electron chi connectivity index (χ1n) is 6.78. The van der Waals surface area contributed by atoms with Crippen molar-refractivity contribution in [1.82, 2.24) is 0 Å². The Kier molecular flexibility index (Phi) is 3.53. The van der Waals surface area contributed by atoms with Crippen molar-refractivity contribution in [3.8, 4) is 0 Å². The van der Waals surface area contributed by atoms with Gasteiger partial charge in [0, 0.05) is 12.0 Å². The molecule has 19 heavy (non-hydrogen) atoms. The number of halogens is 1. The smallest absolute Gasteiger partial charge is 0.134 e. The zero-order valence-electron chi connectivity index (χ0n) is 10.8. The van der Waals surface area contributed by atoms with Crippen LogP contribution in [0, 0.1) is 5.82 Å². The summed E-state index contributed by atoms with van der Waals surface area (Å²) in [6, 6.07) is 6.18. The lowest BCUT2D eigenvalue weighted by molar-refractivity contribution is 0.100. The van der Waals surface area contributed by atoms with E-state index in [9.17, 15) is 4.39 Å². The van der Waals surface area contributed by atoms with Crippen LogP contribution in [0.3, 0.4) is 0 Å². The third-order valence-electron chi connectivity index (χ3n) is 3.69. The summed E-state index contributed by atoms with van der Waals surface area (Å²) in [5.74, 6) is 0.464. The Labute approximate surface area is 111 Å². The van der Waals surface area contributed by atoms with Gasteiger partial charge < -0.3 is 14.9 Å². The average molecular weight is 263 g/mol. The molecule has 0 saturated carbocycles. The molecular formula is C15H18FNO2. The predicted molar refractivity (Wildman–Crippen MR) is 71.3 cm³/mol. The molecule has 1 aromatic heterocycles. The number of rotatable bonds is 4. The molecule has 3 nitrogen and oxygen atoms in total. The molecule has 1 aromatic carbocycles. The van der Waals surface area contributed by atoms with Gasteiger partial charge in [0.25, 0.3) is 0 Å². The molecule has 1 aliphatic heterocycles. The molecule has 0 aliphatic carbocycles. The van der Waals surface area contributed by atoms with Gasteiger partial charge in [-0.15, -0.1) is 0 Å². The maximum atomic E-state index is 13.1. The average Bonchev–Trinajstić information content (AvgIpc) is 3.04. The van der Waals surface area contributed by atoms with Crippen LogP contribution in [0.5, 0.6) is 0 Å². The van der Waals surface area contributed by atoms with Crippen LogP contribution < -0.4 is 5.73 Å². The van der Waals surface area contributed by atoms with Gasteiger partial charge in [0.05, 0.1) is 12.1 Å². The fraction of sp³-hybridized carbons (Fsp3) is 0.467. The molecule has 2 heterocycles. The van der Waals surface area contributed by atoms with Gasteiger partial charge in [0.2, 0.25) is 0 Å². The minimum Gasteiger partial charge on any atom is -0.459 e. The van der Waals surface area contributed by atoms with Crippen molar-refractivity contribution in [2.24, 2.45) is 5.73 Å². The Bertz CT molecular complexity index is 560. The monoisotopic (exact) mass is 263 g/mol. The lowest BCUT2D eigenvalue weighted by Crippen LogP contribution is -2.13. The second-order valence-corrected chi connectivity index (χ2v) is 5.15. The molecule has 102 valence electrons. The second kappa shape index (κ2) is 5.31. The van der Waals surface area contributed by atoms with Gasteiger partial charge in [-0.3, -0.25) is 0 Å². The molecule has 1 aliphatic rings. The zero-order valence-corrected chi connectivity index (χ0v) is 10.8. The van der Waals surface area contributed by atoms with Gasteiger partial charge in [-0.05, 0) is 49.9 Å². The van der Waals surface area contributed by atoms with E-state index >= 15 is 0 Å². The Morgan fingerprint density at radius 2 is 2.26 bits per heavy atom. The number of hydrogen-bond acceptors (Lipinski definition) is 3. The third kappa shape index (κ3) is 2.80. The largest absolute Gasteiger partial charge is 0.459 e. The zero-order chi connectivity index (χ0) is 13.2. The van der Waals surface area contributed by atoms with E-state index in [1.807, 2.05) is 6.07 Å². The highest BCUT2D eigenvalue weighted by Crippen LogP contribution is 2.27. The van der Waals surface area contributed by atoms with Gasteiger partial charge in [-0.25, -0.2) is 4.39 Å². The number of fused-ring (bicyclic) bond motifs is 1. The Balaban J connectivity index is 1.68. The van der Waals surface area contributed by atoms with Crippen LogP contribution in [-0.4, -0.2) is 12.7 Å². The maximum Gasteiger partial charge on any atom is 0.134 e. The predicted octanol–water partition coefficient (Wildman–Crippen LogP) is 3.53. The molecule has 2 atom stereocenters. The molecule has 2 N–H and O–H groups in total. The van der Waals surface area contributed by atoms with Crippen molar-refractivity contribution in [1.29, 1.82) is 0 Å². The molecule has 0 radical (unpaired) electrons. The number of hydrogen-bond donors (Lipinski definition) is 1. The highest BCUT2D eigenvalue weighted by atomic mass is 19.1. The van der Waals surface area contributed by atoms with Crippen molar-refractivity contribution in [3.63, 3.8) is 0 Å². The molecule has 1 fully saturated rings. The highest BCUT2D eigenvalue weighted by Gasteiger charge is 2.19. The van der Waals surface area contributed by atoms with Crippen LogP contribution in [0.4, 0.5) is 4.39 Å². The SMILES string of the molecule is NC(CCC1CCCO1)c1cc2cc(F)ccc2o1. The minimum atomic E-state index is -0.257. The van der Waals surface area contributed by atoms with Crippen molar-refractivity contribution >= 4 is 11.0 Å². The van der Waals surface area contributed by atoms with E-state index in [0.717, 1.165) is 43.4 Å². The molecule has 2 aromatic rings. The highest BCUT2D eigenvalue weighted by molar-refractivity contribution is 5.77. The van der Waals surface area contributed by atoms with Crippen LogP contribution in [-0.2, 0) is 4.74 Å². The molecular weight excluding hydrogens is 245 g/mol. The quantitative estimate of drug-likeness (QED) is 0.918. The van der Waals surface area contributed by atoms with E-state index in [1.54, 1.807) is 6.07 Å². The molecule has 0 amide bonds. The van der Waals surface area contributed by atoms with Crippen LogP contribution in [0.25, 0.3) is 11.0 Å². The number of furan rings is 1. The summed E-state index contributed by atoms with van der Waals surface area (Å²) in [6.07, 6.45) is 4.38. The first-order chi connectivity index (χ1) is 9.22. The lowest BCUT2D eigenvalue weighted by atomic mass is 10.0. The summed E-state index contributed by atoms with van der Waals surface area (Å²) in [7, 11) is 0. The lowest BCUT2D eigenvalue weighted by Gasteiger charge is -2.12. The topological polar surface area (TPSA) is 48.4 Å². The molecule has 0 spiro atoms. The van der Waals surface area contributed by atoms with E-state index in [0.29, 0.717) is 11.7 Å². The number of ether oxygens (including phenoxy) is 1. The van der Waals surface area contributed by atoms with Gasteiger partial charge in [0.15, 0.2) is 0 Å². The summed E-state index contributed by atoms with van der Waals surface area (Å²) in [5.41, 5.74) is 6.82. The van der Waals surface area contributed by atoms with Crippen molar-refractivity contribution in [2.45, 2.75) is 37.8 Å². The van der Waals surface area contributed by atoms with Gasteiger partial charge >= 0.3 is 0 Å². The Morgan fingerprint density at radius 3 is 3.05 bits per heavy atom. The number of nitrogens with two attached hydrogens (primary N) is 1. The third-order valence-corrected chi connectivity index (χ3v) is 3.69. The summed E-state index contributed by atoms with van der Waals surface area (Å²) in [6.45, 7) is 0.865. The van der Waals surface area contributed by atoms with E-state index < -0.39 is 0 Å². The Morgan fingerprint density at radius 1 is 1.37 bits per heavy atom. The summed E-state index contributed by atoms with van der Waals surface area (Å²) in [4.78, 5) is 0. The van der Waals surface area contributed by atoms with Crippen LogP contribution in [0.15, 0.2) is 28.7 Å². The van der Waals surface area contributed by atoms with E-state index in [1.165, 1.54) is 12.1 Å². The Hall–Kier alpha value is -1.39.